The summed E-state index contributed by atoms with van der Waals surface area (Å²) in [4.78, 5) is 0. The van der Waals surface area contributed by atoms with Gasteiger partial charge in [0.2, 0.25) is 0 Å². The quantitative estimate of drug-likeness (QED) is 0.570. The molecule has 1 aliphatic carbocycles. The van der Waals surface area contributed by atoms with Crippen molar-refractivity contribution in [3.63, 3.8) is 0 Å². The van der Waals surface area contributed by atoms with Crippen molar-refractivity contribution < 1.29 is 4.74 Å². The molecular formula is C15H18ClN3OS. The Morgan fingerprint density at radius 2 is 2.24 bits per heavy atom. The van der Waals surface area contributed by atoms with E-state index in [-0.39, 0.29) is 0 Å². The largest absolute Gasteiger partial charge is 0.493 e. The molecule has 0 unspecified atom stereocenters. The first-order valence-corrected chi connectivity index (χ1v) is 8.58. The number of halogens is 1. The molecule has 0 saturated heterocycles. The van der Waals surface area contributed by atoms with E-state index in [2.05, 4.69) is 21.7 Å². The standard InChI is InChI=1S/C15H18ClN3OS/c1-2-19-14(11-6-7-11)17-18-15(19)21-9-8-20-13-5-3-4-12(16)10-13/h3-5,10-11H,2,6-9H2,1H3. The first-order valence-electron chi connectivity index (χ1n) is 7.22. The third-order valence-corrected chi connectivity index (χ3v) is 4.55. The fraction of sp³-hybridized carbons (Fsp3) is 0.467. The Balaban J connectivity index is 1.51. The van der Waals surface area contributed by atoms with E-state index in [0.29, 0.717) is 17.5 Å². The molecule has 4 nitrogen and oxygen atoms in total. The highest BCUT2D eigenvalue weighted by molar-refractivity contribution is 7.99. The minimum atomic E-state index is 0.625. The van der Waals surface area contributed by atoms with Crippen molar-refractivity contribution in [2.24, 2.45) is 0 Å². The Kier molecular flexibility index (Phi) is 4.70. The summed E-state index contributed by atoms with van der Waals surface area (Å²) < 4.78 is 7.91. The average molecular weight is 324 g/mol. The van der Waals surface area contributed by atoms with Crippen molar-refractivity contribution in [1.82, 2.24) is 14.8 Å². The smallest absolute Gasteiger partial charge is 0.191 e. The van der Waals surface area contributed by atoms with E-state index in [1.54, 1.807) is 11.8 Å². The van der Waals surface area contributed by atoms with E-state index in [9.17, 15) is 0 Å². The summed E-state index contributed by atoms with van der Waals surface area (Å²) >= 11 is 7.62. The SMILES string of the molecule is CCn1c(SCCOc2cccc(Cl)c2)nnc1C1CC1. The molecule has 1 fully saturated rings. The van der Waals surface area contributed by atoms with Crippen molar-refractivity contribution in [3.05, 3.63) is 35.1 Å². The Morgan fingerprint density at radius 1 is 1.38 bits per heavy atom. The second-order valence-electron chi connectivity index (χ2n) is 5.01. The molecule has 6 heteroatoms. The fourth-order valence-corrected chi connectivity index (χ4v) is 3.20. The lowest BCUT2D eigenvalue weighted by Gasteiger charge is -2.08. The van der Waals surface area contributed by atoms with Gasteiger partial charge < -0.3 is 9.30 Å². The van der Waals surface area contributed by atoms with Gasteiger partial charge in [0.05, 0.1) is 6.61 Å². The lowest BCUT2D eigenvalue weighted by atomic mass is 10.3. The number of rotatable bonds is 7. The molecule has 0 aliphatic heterocycles. The van der Waals surface area contributed by atoms with Crippen LogP contribution in [-0.2, 0) is 6.54 Å². The van der Waals surface area contributed by atoms with Crippen LogP contribution in [0, 0.1) is 0 Å². The Hall–Kier alpha value is -1.20. The molecule has 1 aliphatic rings. The zero-order valence-electron chi connectivity index (χ0n) is 12.0. The number of benzene rings is 1. The summed E-state index contributed by atoms with van der Waals surface area (Å²) in [6, 6.07) is 7.47. The van der Waals surface area contributed by atoms with Gasteiger partial charge in [0.1, 0.15) is 11.6 Å². The van der Waals surface area contributed by atoms with Crippen LogP contribution in [0.25, 0.3) is 0 Å². The van der Waals surface area contributed by atoms with Crippen LogP contribution in [-0.4, -0.2) is 27.1 Å². The van der Waals surface area contributed by atoms with E-state index >= 15 is 0 Å². The highest BCUT2D eigenvalue weighted by Crippen LogP contribution is 2.39. The molecule has 0 spiro atoms. The molecule has 2 aromatic rings. The number of hydrogen-bond donors (Lipinski definition) is 0. The first kappa shape index (κ1) is 14.7. The second-order valence-corrected chi connectivity index (χ2v) is 6.51. The summed E-state index contributed by atoms with van der Waals surface area (Å²) in [5.41, 5.74) is 0. The molecule has 1 heterocycles. The first-order chi connectivity index (χ1) is 10.3. The van der Waals surface area contributed by atoms with Gasteiger partial charge >= 0.3 is 0 Å². The normalized spacial score (nSPS) is 14.4. The van der Waals surface area contributed by atoms with E-state index in [4.69, 9.17) is 16.3 Å². The average Bonchev–Trinajstić information content (AvgIpc) is 3.24. The summed E-state index contributed by atoms with van der Waals surface area (Å²) in [7, 11) is 0. The maximum Gasteiger partial charge on any atom is 0.191 e. The van der Waals surface area contributed by atoms with Gasteiger partial charge in [-0.15, -0.1) is 10.2 Å². The molecule has 112 valence electrons. The van der Waals surface area contributed by atoms with E-state index < -0.39 is 0 Å². The van der Waals surface area contributed by atoms with E-state index in [0.717, 1.165) is 29.0 Å². The number of hydrogen-bond acceptors (Lipinski definition) is 4. The van der Waals surface area contributed by atoms with Crippen molar-refractivity contribution in [2.75, 3.05) is 12.4 Å². The Labute approximate surface area is 133 Å². The van der Waals surface area contributed by atoms with Gasteiger partial charge in [-0.1, -0.05) is 29.4 Å². The molecule has 0 bridgehead atoms. The molecule has 1 saturated carbocycles. The third-order valence-electron chi connectivity index (χ3n) is 3.38. The van der Waals surface area contributed by atoms with Crippen LogP contribution >= 0.6 is 23.4 Å². The van der Waals surface area contributed by atoms with Gasteiger partial charge in [0.25, 0.3) is 0 Å². The van der Waals surface area contributed by atoms with Crippen LogP contribution in [0.15, 0.2) is 29.4 Å². The van der Waals surface area contributed by atoms with Crippen LogP contribution in [0.3, 0.4) is 0 Å². The minimum Gasteiger partial charge on any atom is -0.493 e. The molecule has 1 aromatic heterocycles. The minimum absolute atomic E-state index is 0.625. The topological polar surface area (TPSA) is 39.9 Å². The second kappa shape index (κ2) is 6.71. The van der Waals surface area contributed by atoms with Crippen molar-refractivity contribution in [1.29, 1.82) is 0 Å². The van der Waals surface area contributed by atoms with Crippen LogP contribution in [0.1, 0.15) is 31.5 Å². The van der Waals surface area contributed by atoms with E-state index in [1.807, 2.05) is 24.3 Å². The van der Waals surface area contributed by atoms with Gasteiger partial charge in [-0.2, -0.15) is 0 Å². The lowest BCUT2D eigenvalue weighted by molar-refractivity contribution is 0.344. The number of thioether (sulfide) groups is 1. The van der Waals surface area contributed by atoms with Gasteiger partial charge in [-0.25, -0.2) is 0 Å². The Bertz CT molecular complexity index is 613. The monoisotopic (exact) mass is 323 g/mol. The fourth-order valence-electron chi connectivity index (χ4n) is 2.20. The number of ether oxygens (including phenoxy) is 1. The number of aromatic nitrogens is 3. The molecule has 0 N–H and O–H groups in total. The third kappa shape index (κ3) is 3.71. The summed E-state index contributed by atoms with van der Waals surface area (Å²) in [5.74, 6) is 3.43. The van der Waals surface area contributed by atoms with Crippen molar-refractivity contribution in [2.45, 2.75) is 37.4 Å². The van der Waals surface area contributed by atoms with Crippen molar-refractivity contribution >= 4 is 23.4 Å². The summed E-state index contributed by atoms with van der Waals surface area (Å²) in [6.45, 7) is 3.69. The van der Waals surface area contributed by atoms with Crippen molar-refractivity contribution in [3.8, 4) is 5.75 Å². The van der Waals surface area contributed by atoms with Crippen LogP contribution in [0.2, 0.25) is 5.02 Å². The predicted octanol–water partition coefficient (Wildman–Crippen LogP) is 4.00. The summed E-state index contributed by atoms with van der Waals surface area (Å²) in [5, 5.41) is 10.3. The zero-order valence-corrected chi connectivity index (χ0v) is 13.5. The molecule has 0 radical (unpaired) electrons. The molecule has 1 aromatic carbocycles. The lowest BCUT2D eigenvalue weighted by Crippen LogP contribution is -2.04. The van der Waals surface area contributed by atoms with Gasteiger partial charge in [-0.3, -0.25) is 0 Å². The molecular weight excluding hydrogens is 306 g/mol. The maximum atomic E-state index is 5.92. The van der Waals surface area contributed by atoms with Gasteiger partial charge in [-0.05, 0) is 38.0 Å². The molecule has 0 amide bonds. The predicted molar refractivity (Wildman–Crippen MR) is 85.3 cm³/mol. The zero-order chi connectivity index (χ0) is 14.7. The highest BCUT2D eigenvalue weighted by atomic mass is 35.5. The van der Waals surface area contributed by atoms with E-state index in [1.165, 1.54) is 12.8 Å². The number of nitrogens with zero attached hydrogens (tertiary/aromatic N) is 3. The van der Waals surface area contributed by atoms with Gasteiger partial charge in [0, 0.05) is 23.2 Å². The van der Waals surface area contributed by atoms with Gasteiger partial charge in [0.15, 0.2) is 5.16 Å². The van der Waals surface area contributed by atoms with Crippen LogP contribution in [0.5, 0.6) is 5.75 Å². The van der Waals surface area contributed by atoms with Crippen LogP contribution in [0.4, 0.5) is 0 Å². The Morgan fingerprint density at radius 3 is 2.95 bits per heavy atom. The summed E-state index contributed by atoms with van der Waals surface area (Å²) in [6.07, 6.45) is 2.50. The molecule has 3 rings (SSSR count). The maximum absolute atomic E-state index is 5.92. The highest BCUT2D eigenvalue weighted by Gasteiger charge is 2.29. The molecule has 21 heavy (non-hydrogen) atoms. The molecule has 0 atom stereocenters. The van der Waals surface area contributed by atoms with Crippen LogP contribution < -0.4 is 4.74 Å².